The predicted molar refractivity (Wildman–Crippen MR) is 44.2 cm³/mol. The third-order valence-electron chi connectivity index (χ3n) is 1.30. The summed E-state index contributed by atoms with van der Waals surface area (Å²) in [6, 6.07) is -1.54. The Bertz CT molecular complexity index is 273. The largest absolute Gasteiger partial charge is 0.480 e. The average molecular weight is 212 g/mol. The first-order valence-corrected chi connectivity index (χ1v) is 4.90. The third kappa shape index (κ3) is 4.18. The van der Waals surface area contributed by atoms with E-state index in [1.54, 1.807) is 4.72 Å². The molecule has 0 aromatic carbocycles. The van der Waals surface area contributed by atoms with Gasteiger partial charge in [0.2, 0.25) is 0 Å². The molecule has 0 aliphatic carbocycles. The number of aliphatic carboxylic acids is 1. The van der Waals surface area contributed by atoms with Crippen molar-refractivity contribution in [2.45, 2.75) is 19.1 Å². The van der Waals surface area contributed by atoms with Crippen molar-refractivity contribution >= 4 is 16.2 Å². The number of hydrogen-bond acceptors (Lipinski definition) is 4. The van der Waals surface area contributed by atoms with Gasteiger partial charge in [0.25, 0.3) is 10.2 Å². The molecule has 2 unspecified atom stereocenters. The summed E-state index contributed by atoms with van der Waals surface area (Å²) >= 11 is 0. The molecule has 78 valence electrons. The lowest BCUT2D eigenvalue weighted by molar-refractivity contribution is -0.141. The maximum atomic E-state index is 10.8. The van der Waals surface area contributed by atoms with Crippen molar-refractivity contribution in [3.8, 4) is 0 Å². The van der Waals surface area contributed by atoms with Crippen LogP contribution in [-0.2, 0) is 15.0 Å². The molecule has 13 heavy (non-hydrogen) atoms. The highest BCUT2D eigenvalue weighted by atomic mass is 32.2. The first kappa shape index (κ1) is 12.3. The van der Waals surface area contributed by atoms with Crippen molar-refractivity contribution in [2.75, 3.05) is 7.05 Å². The predicted octanol–water partition coefficient (Wildman–Crippen LogP) is -2.13. The van der Waals surface area contributed by atoms with Gasteiger partial charge in [0.05, 0.1) is 6.10 Å². The summed E-state index contributed by atoms with van der Waals surface area (Å²) in [7, 11) is -2.72. The molecule has 0 heterocycles. The van der Waals surface area contributed by atoms with E-state index in [-0.39, 0.29) is 0 Å². The quantitative estimate of drug-likeness (QED) is 0.415. The first-order chi connectivity index (χ1) is 5.80. The van der Waals surface area contributed by atoms with Gasteiger partial charge in [0.15, 0.2) is 0 Å². The van der Waals surface area contributed by atoms with Gasteiger partial charge >= 0.3 is 5.97 Å². The van der Waals surface area contributed by atoms with Crippen LogP contribution in [0.4, 0.5) is 0 Å². The van der Waals surface area contributed by atoms with Crippen molar-refractivity contribution in [3.63, 3.8) is 0 Å². The number of carboxylic acids is 1. The van der Waals surface area contributed by atoms with E-state index in [1.807, 2.05) is 4.72 Å². The maximum Gasteiger partial charge on any atom is 0.324 e. The minimum atomic E-state index is -3.85. The van der Waals surface area contributed by atoms with Crippen molar-refractivity contribution in [1.82, 2.24) is 9.44 Å². The Morgan fingerprint density at radius 3 is 2.15 bits per heavy atom. The molecule has 0 amide bonds. The van der Waals surface area contributed by atoms with Crippen LogP contribution in [0.15, 0.2) is 0 Å². The molecule has 0 spiro atoms. The number of aliphatic hydroxyl groups excluding tert-OH is 1. The van der Waals surface area contributed by atoms with Crippen LogP contribution in [0, 0.1) is 0 Å². The van der Waals surface area contributed by atoms with E-state index in [1.165, 1.54) is 6.92 Å². The Hall–Kier alpha value is -0.700. The number of aliphatic hydroxyl groups is 1. The fourth-order valence-corrected chi connectivity index (χ4v) is 1.33. The van der Waals surface area contributed by atoms with E-state index >= 15 is 0 Å². The average Bonchev–Trinajstić information content (AvgIpc) is 1.99. The monoisotopic (exact) mass is 212 g/mol. The van der Waals surface area contributed by atoms with Gasteiger partial charge in [0, 0.05) is 7.05 Å². The van der Waals surface area contributed by atoms with Crippen LogP contribution in [0.3, 0.4) is 0 Å². The second-order valence-corrected chi connectivity index (χ2v) is 4.03. The number of nitrogens with one attached hydrogen (secondary N) is 2. The third-order valence-corrected chi connectivity index (χ3v) is 2.40. The Balaban J connectivity index is 4.54. The van der Waals surface area contributed by atoms with Crippen molar-refractivity contribution in [1.29, 1.82) is 0 Å². The maximum absolute atomic E-state index is 10.8. The van der Waals surface area contributed by atoms with Crippen LogP contribution < -0.4 is 9.44 Å². The summed E-state index contributed by atoms with van der Waals surface area (Å²) in [5, 5.41) is 17.4. The van der Waals surface area contributed by atoms with Gasteiger partial charge < -0.3 is 10.2 Å². The Labute approximate surface area is 75.9 Å². The summed E-state index contributed by atoms with van der Waals surface area (Å²) < 4.78 is 25.3. The molecule has 0 radical (unpaired) electrons. The lowest BCUT2D eigenvalue weighted by atomic mass is 10.2. The van der Waals surface area contributed by atoms with Crippen molar-refractivity contribution in [3.05, 3.63) is 0 Å². The van der Waals surface area contributed by atoms with Gasteiger partial charge in [-0.2, -0.15) is 13.1 Å². The molecule has 4 N–H and O–H groups in total. The van der Waals surface area contributed by atoms with Gasteiger partial charge in [-0.15, -0.1) is 0 Å². The lowest BCUT2D eigenvalue weighted by Crippen LogP contribution is -2.50. The summed E-state index contributed by atoms with van der Waals surface area (Å²) in [5.74, 6) is -1.44. The fourth-order valence-electron chi connectivity index (χ4n) is 0.581. The minimum Gasteiger partial charge on any atom is -0.480 e. The van der Waals surface area contributed by atoms with E-state index in [0.29, 0.717) is 0 Å². The van der Waals surface area contributed by atoms with Crippen LogP contribution in [-0.4, -0.2) is 43.8 Å². The second-order valence-electron chi connectivity index (χ2n) is 2.38. The normalized spacial score (nSPS) is 16.5. The summed E-state index contributed by atoms with van der Waals surface area (Å²) in [4.78, 5) is 10.4. The molecule has 8 heteroatoms. The van der Waals surface area contributed by atoms with E-state index in [4.69, 9.17) is 10.2 Å². The molecule has 0 saturated heterocycles. The summed E-state index contributed by atoms with van der Waals surface area (Å²) in [6.45, 7) is 1.18. The molecule has 0 aromatic heterocycles. The molecule has 0 rings (SSSR count). The minimum absolute atomic E-state index is 1.13. The van der Waals surface area contributed by atoms with E-state index in [2.05, 4.69) is 0 Å². The van der Waals surface area contributed by atoms with E-state index < -0.39 is 28.3 Å². The van der Waals surface area contributed by atoms with Crippen LogP contribution in [0.2, 0.25) is 0 Å². The number of rotatable bonds is 5. The number of carbonyl (C=O) groups is 1. The molecule has 0 saturated carbocycles. The van der Waals surface area contributed by atoms with Crippen LogP contribution in [0.25, 0.3) is 0 Å². The Morgan fingerprint density at radius 1 is 1.46 bits per heavy atom. The fraction of sp³-hybridized carbons (Fsp3) is 0.800. The van der Waals surface area contributed by atoms with Crippen LogP contribution in [0.1, 0.15) is 6.92 Å². The highest BCUT2D eigenvalue weighted by molar-refractivity contribution is 7.87. The van der Waals surface area contributed by atoms with Gasteiger partial charge in [-0.25, -0.2) is 4.72 Å². The standard InChI is InChI=1S/C5H12N2O5S/c1-3(8)4(5(9)10)7-13(11,12)6-2/h3-4,6-8H,1-2H3,(H,9,10). The second kappa shape index (κ2) is 4.51. The van der Waals surface area contributed by atoms with E-state index in [9.17, 15) is 13.2 Å². The smallest absolute Gasteiger partial charge is 0.324 e. The van der Waals surface area contributed by atoms with E-state index in [0.717, 1.165) is 7.05 Å². The van der Waals surface area contributed by atoms with Gasteiger partial charge in [-0.05, 0) is 6.92 Å². The molecule has 0 aromatic rings. The van der Waals surface area contributed by atoms with Crippen LogP contribution >= 0.6 is 0 Å². The van der Waals surface area contributed by atoms with Gasteiger partial charge in [0.1, 0.15) is 6.04 Å². The molecule has 0 fully saturated rings. The highest BCUT2D eigenvalue weighted by Crippen LogP contribution is 1.94. The number of carboxylic acid groups (broad SMARTS) is 1. The zero-order valence-electron chi connectivity index (χ0n) is 7.18. The van der Waals surface area contributed by atoms with Gasteiger partial charge in [-0.3, -0.25) is 4.79 Å². The van der Waals surface area contributed by atoms with Crippen LogP contribution in [0.5, 0.6) is 0 Å². The summed E-state index contributed by atoms with van der Waals surface area (Å²) in [6.07, 6.45) is -1.30. The molecule has 7 nitrogen and oxygen atoms in total. The first-order valence-electron chi connectivity index (χ1n) is 3.42. The van der Waals surface area contributed by atoms with Gasteiger partial charge in [-0.1, -0.05) is 0 Å². The number of hydrogen-bond donors (Lipinski definition) is 4. The topological polar surface area (TPSA) is 116 Å². The highest BCUT2D eigenvalue weighted by Gasteiger charge is 2.27. The molecular weight excluding hydrogens is 200 g/mol. The zero-order valence-corrected chi connectivity index (χ0v) is 8.00. The molecular formula is C5H12N2O5S. The Kier molecular flexibility index (Phi) is 4.27. The molecule has 0 aliphatic heterocycles. The zero-order chi connectivity index (χ0) is 10.6. The lowest BCUT2D eigenvalue weighted by Gasteiger charge is -2.16. The summed E-state index contributed by atoms with van der Waals surface area (Å²) in [5.41, 5.74) is 0. The van der Waals surface area contributed by atoms with Crippen molar-refractivity contribution < 1.29 is 23.4 Å². The Morgan fingerprint density at radius 2 is 1.92 bits per heavy atom. The molecule has 0 bridgehead atoms. The SMILES string of the molecule is CNS(=O)(=O)NC(C(=O)O)C(C)O. The molecule has 2 atom stereocenters. The van der Waals surface area contributed by atoms with Crippen molar-refractivity contribution in [2.24, 2.45) is 0 Å². The molecule has 0 aliphatic rings.